The van der Waals surface area contributed by atoms with Crippen LogP contribution in [-0.2, 0) is 9.47 Å². The van der Waals surface area contributed by atoms with E-state index in [0.29, 0.717) is 29.4 Å². The van der Waals surface area contributed by atoms with Crippen molar-refractivity contribution in [3.63, 3.8) is 0 Å². The Balaban J connectivity index is 1.56. The van der Waals surface area contributed by atoms with Crippen LogP contribution in [0.3, 0.4) is 0 Å². The number of hydrogen-bond acceptors (Lipinski definition) is 4. The molecular weight excluding hydrogens is 340 g/mol. The maximum absolute atomic E-state index is 11.4. The van der Waals surface area contributed by atoms with Gasteiger partial charge in [-0.15, -0.1) is 6.42 Å². The van der Waals surface area contributed by atoms with Crippen LogP contribution in [0, 0.1) is 41.4 Å². The van der Waals surface area contributed by atoms with Gasteiger partial charge in [-0.2, -0.15) is 0 Å². The number of terminal acetylenes is 1. The predicted molar refractivity (Wildman–Crippen MR) is 102 cm³/mol. The van der Waals surface area contributed by atoms with Gasteiger partial charge in [0, 0.05) is 5.41 Å². The minimum atomic E-state index is -0.929. The van der Waals surface area contributed by atoms with Crippen LogP contribution in [0.5, 0.6) is 0 Å². The van der Waals surface area contributed by atoms with E-state index in [-0.39, 0.29) is 5.41 Å². The maximum atomic E-state index is 11.4. The highest BCUT2D eigenvalue weighted by atomic mass is 16.7. The van der Waals surface area contributed by atoms with E-state index in [0.717, 1.165) is 51.4 Å². The van der Waals surface area contributed by atoms with Gasteiger partial charge < -0.3 is 14.6 Å². The Kier molecular flexibility index (Phi) is 4.63. The third kappa shape index (κ3) is 2.66. The van der Waals surface area contributed by atoms with Crippen molar-refractivity contribution >= 4 is 6.16 Å². The fourth-order valence-corrected chi connectivity index (χ4v) is 7.00. The zero-order chi connectivity index (χ0) is 19.2. The smallest absolute Gasteiger partial charge is 0.437 e. The van der Waals surface area contributed by atoms with Gasteiger partial charge >= 0.3 is 6.16 Å². The molecule has 4 aliphatic rings. The van der Waals surface area contributed by atoms with Crippen LogP contribution in [0.15, 0.2) is 23.5 Å². The van der Waals surface area contributed by atoms with Gasteiger partial charge in [0.2, 0.25) is 0 Å². The monoisotopic (exact) mass is 370 g/mol. The number of carbonyl (C=O) groups excluding carboxylic acids is 1. The first-order valence-corrected chi connectivity index (χ1v) is 10.3. The van der Waals surface area contributed by atoms with Gasteiger partial charge in [0.25, 0.3) is 0 Å². The molecule has 4 aliphatic carbocycles. The predicted octanol–water partition coefficient (Wildman–Crippen LogP) is 4.59. The molecule has 0 bridgehead atoms. The molecular formula is C23H30O4. The molecule has 146 valence electrons. The molecule has 4 rings (SSSR count). The van der Waals surface area contributed by atoms with Crippen molar-refractivity contribution in [2.24, 2.45) is 29.1 Å². The molecule has 0 aromatic heterocycles. The molecule has 0 spiro atoms. The number of ether oxygens (including phenoxy) is 2. The summed E-state index contributed by atoms with van der Waals surface area (Å²) in [4.78, 5) is 11.4. The summed E-state index contributed by atoms with van der Waals surface area (Å²) >= 11 is 0. The van der Waals surface area contributed by atoms with Gasteiger partial charge in [-0.05, 0) is 87.2 Å². The van der Waals surface area contributed by atoms with Gasteiger partial charge in [0.1, 0.15) is 11.4 Å². The Bertz CT molecular complexity index is 729. The largest absolute Gasteiger partial charge is 0.513 e. The number of methoxy groups -OCH3 is 1. The first-order chi connectivity index (χ1) is 13.0. The van der Waals surface area contributed by atoms with Crippen molar-refractivity contribution in [2.45, 2.75) is 63.9 Å². The topological polar surface area (TPSA) is 55.8 Å². The van der Waals surface area contributed by atoms with Crippen molar-refractivity contribution in [3.8, 4) is 12.3 Å². The lowest BCUT2D eigenvalue weighted by molar-refractivity contribution is -0.0984. The highest BCUT2D eigenvalue weighted by Gasteiger charge is 2.63. The summed E-state index contributed by atoms with van der Waals surface area (Å²) in [5, 5.41) is 11.2. The Morgan fingerprint density at radius 2 is 2.15 bits per heavy atom. The van der Waals surface area contributed by atoms with Crippen LogP contribution >= 0.6 is 0 Å². The summed E-state index contributed by atoms with van der Waals surface area (Å²) < 4.78 is 9.84. The van der Waals surface area contributed by atoms with Crippen molar-refractivity contribution in [2.75, 3.05) is 7.11 Å². The minimum absolute atomic E-state index is 0.103. The Morgan fingerprint density at radius 3 is 2.85 bits per heavy atom. The van der Waals surface area contributed by atoms with Crippen LogP contribution in [0.4, 0.5) is 4.79 Å². The molecule has 0 amide bonds. The molecule has 0 heterocycles. The van der Waals surface area contributed by atoms with Crippen LogP contribution in [0.1, 0.15) is 58.3 Å². The third-order valence-electron chi connectivity index (χ3n) is 8.24. The third-order valence-corrected chi connectivity index (χ3v) is 8.24. The molecule has 4 heteroatoms. The minimum Gasteiger partial charge on any atom is -0.437 e. The van der Waals surface area contributed by atoms with Crippen LogP contribution in [-0.4, -0.2) is 24.0 Å². The normalized spacial score (nSPS) is 42.6. The van der Waals surface area contributed by atoms with E-state index in [1.54, 1.807) is 0 Å². The van der Waals surface area contributed by atoms with Gasteiger partial charge in [-0.1, -0.05) is 18.4 Å². The van der Waals surface area contributed by atoms with E-state index in [4.69, 9.17) is 11.2 Å². The van der Waals surface area contributed by atoms with Crippen LogP contribution < -0.4 is 0 Å². The first kappa shape index (κ1) is 18.6. The Labute approximate surface area is 162 Å². The second kappa shape index (κ2) is 6.71. The van der Waals surface area contributed by atoms with Crippen molar-refractivity contribution < 1.29 is 19.4 Å². The summed E-state index contributed by atoms with van der Waals surface area (Å²) in [5.41, 5.74) is 0.377. The number of rotatable bonds is 2. The van der Waals surface area contributed by atoms with Gasteiger partial charge in [0.05, 0.1) is 7.11 Å². The zero-order valence-electron chi connectivity index (χ0n) is 16.4. The number of fused-ring (bicyclic) bond motifs is 5. The van der Waals surface area contributed by atoms with Gasteiger partial charge in [0.15, 0.2) is 0 Å². The zero-order valence-corrected chi connectivity index (χ0v) is 16.4. The highest BCUT2D eigenvalue weighted by Crippen LogP contribution is 2.66. The Hall–Kier alpha value is -1.73. The Morgan fingerprint density at radius 1 is 1.33 bits per heavy atom. The molecule has 4 nitrogen and oxygen atoms in total. The van der Waals surface area contributed by atoms with Gasteiger partial charge in [-0.25, -0.2) is 4.79 Å². The van der Waals surface area contributed by atoms with Crippen LogP contribution in [0.2, 0.25) is 0 Å². The highest BCUT2D eigenvalue weighted by molar-refractivity contribution is 5.62. The number of allylic oxidation sites excluding steroid dienone is 3. The summed E-state index contributed by atoms with van der Waals surface area (Å²) in [6.07, 6.45) is 17.2. The van der Waals surface area contributed by atoms with Crippen LogP contribution in [0.25, 0.3) is 0 Å². The lowest BCUT2D eigenvalue weighted by Gasteiger charge is -2.55. The molecule has 3 fully saturated rings. The number of hydrogen-bond donors (Lipinski definition) is 1. The molecule has 3 saturated carbocycles. The SMILES string of the molecule is C#CC1(O)CCC2C3CCC4=CC(OC(=O)OC)=CCC4C3CCC21CC. The van der Waals surface area contributed by atoms with E-state index in [1.807, 2.05) is 6.08 Å². The van der Waals surface area contributed by atoms with E-state index in [1.165, 1.54) is 12.7 Å². The molecule has 0 aliphatic heterocycles. The number of aliphatic hydroxyl groups is 1. The molecule has 6 atom stereocenters. The first-order valence-electron chi connectivity index (χ1n) is 10.3. The standard InChI is InChI=1S/C23H30O4/c1-4-22-12-10-18-17-9-7-16(27-21(24)26-3)14-15(17)6-8-19(18)20(22)11-13-23(22,25)5-2/h2,7,14,17-20,25H,4,6,8-13H2,1,3H3. The lowest BCUT2D eigenvalue weighted by atomic mass is 9.49. The molecule has 0 aromatic carbocycles. The summed E-state index contributed by atoms with van der Waals surface area (Å²) in [7, 11) is 1.33. The average Bonchev–Trinajstić information content (AvgIpc) is 3.01. The maximum Gasteiger partial charge on any atom is 0.513 e. The second-order valence-electron chi connectivity index (χ2n) is 8.79. The summed E-state index contributed by atoms with van der Waals surface area (Å²) in [6.45, 7) is 2.20. The summed E-state index contributed by atoms with van der Waals surface area (Å²) in [5.74, 6) is 5.75. The van der Waals surface area contributed by atoms with E-state index < -0.39 is 11.8 Å². The average molecular weight is 370 g/mol. The van der Waals surface area contributed by atoms with E-state index in [9.17, 15) is 9.90 Å². The van der Waals surface area contributed by atoms with Crippen molar-refractivity contribution in [3.05, 3.63) is 23.5 Å². The molecule has 0 aromatic rings. The summed E-state index contributed by atoms with van der Waals surface area (Å²) in [6, 6.07) is 0. The lowest BCUT2D eigenvalue weighted by Crippen LogP contribution is -2.53. The van der Waals surface area contributed by atoms with E-state index in [2.05, 4.69) is 23.7 Å². The van der Waals surface area contributed by atoms with Crippen molar-refractivity contribution in [1.82, 2.24) is 0 Å². The van der Waals surface area contributed by atoms with E-state index >= 15 is 0 Å². The quantitative estimate of drug-likeness (QED) is 0.570. The number of carbonyl (C=O) groups is 1. The fourth-order valence-electron chi connectivity index (χ4n) is 7.00. The molecule has 27 heavy (non-hydrogen) atoms. The van der Waals surface area contributed by atoms with Gasteiger partial charge in [-0.3, -0.25) is 0 Å². The molecule has 0 saturated heterocycles. The molecule has 1 N–H and O–H groups in total. The fraction of sp³-hybridized carbons (Fsp3) is 0.696. The second-order valence-corrected chi connectivity index (χ2v) is 8.79. The van der Waals surface area contributed by atoms with Crippen molar-refractivity contribution in [1.29, 1.82) is 0 Å². The molecule has 6 unspecified atom stereocenters. The molecule has 0 radical (unpaired) electrons.